The Morgan fingerprint density at radius 3 is 2.41 bits per heavy atom. The third-order valence-corrected chi connectivity index (χ3v) is 3.55. The Hall–Kier alpha value is -0.860. The number of benzene rings is 1. The highest BCUT2D eigenvalue weighted by Crippen LogP contribution is 2.38. The molecule has 2 nitrogen and oxygen atoms in total. The lowest BCUT2D eigenvalue weighted by atomic mass is 9.98. The molecule has 1 saturated heterocycles. The largest absolute Gasteiger partial charge is 0.393 e. The Bertz CT molecular complexity index is 338. The van der Waals surface area contributed by atoms with Crippen LogP contribution >= 0.6 is 0 Å². The van der Waals surface area contributed by atoms with Gasteiger partial charge in [-0.25, -0.2) is 0 Å². The summed E-state index contributed by atoms with van der Waals surface area (Å²) in [7, 11) is 0. The maximum absolute atomic E-state index is 9.25. The van der Waals surface area contributed by atoms with Crippen LogP contribution in [0.5, 0.6) is 0 Å². The van der Waals surface area contributed by atoms with E-state index >= 15 is 0 Å². The molecule has 0 spiro atoms. The Balaban J connectivity index is 1.85. The fraction of sp³-hybridized carbons (Fsp3) is 0.600. The van der Waals surface area contributed by atoms with Gasteiger partial charge in [0.15, 0.2) is 0 Å². The minimum atomic E-state index is -0.374. The van der Waals surface area contributed by atoms with Crippen molar-refractivity contribution in [3.8, 4) is 0 Å². The number of rotatable bonds is 7. The Labute approximate surface area is 104 Å². The van der Waals surface area contributed by atoms with E-state index < -0.39 is 0 Å². The molecular formula is C15H22O2. The Morgan fingerprint density at radius 1 is 1.18 bits per heavy atom. The summed E-state index contributed by atoms with van der Waals surface area (Å²) in [4.78, 5) is 0. The molecule has 0 radical (unpaired) electrons. The van der Waals surface area contributed by atoms with Crippen LogP contribution in [0.1, 0.15) is 43.7 Å². The van der Waals surface area contributed by atoms with Crippen molar-refractivity contribution < 1.29 is 9.84 Å². The number of unbranched alkanes of at least 4 members (excludes halogenated alkanes) is 3. The third kappa shape index (κ3) is 3.08. The van der Waals surface area contributed by atoms with Gasteiger partial charge in [-0.05, 0) is 24.0 Å². The lowest BCUT2D eigenvalue weighted by Gasteiger charge is -2.09. The standard InChI is InChI=1S/C15H22O2/c1-2-3-4-5-6-13-7-9-14(10-8-13)15(11-16)12-17-15/h7-10,16H,2-6,11-12H2,1H3/t15-/m1/s1. The molecule has 0 saturated carbocycles. The van der Waals surface area contributed by atoms with Crippen molar-refractivity contribution in [2.45, 2.75) is 44.6 Å². The van der Waals surface area contributed by atoms with Gasteiger partial charge >= 0.3 is 0 Å². The van der Waals surface area contributed by atoms with Crippen LogP contribution in [0.2, 0.25) is 0 Å². The van der Waals surface area contributed by atoms with Crippen LogP contribution in [-0.4, -0.2) is 18.3 Å². The minimum Gasteiger partial charge on any atom is -0.393 e. The van der Waals surface area contributed by atoms with Crippen LogP contribution in [0.4, 0.5) is 0 Å². The molecule has 1 N–H and O–H groups in total. The number of aliphatic hydroxyl groups excluding tert-OH is 1. The first-order valence-electron chi connectivity index (χ1n) is 6.65. The number of aryl methyl sites for hydroxylation is 1. The van der Waals surface area contributed by atoms with Gasteiger partial charge in [-0.1, -0.05) is 50.5 Å². The van der Waals surface area contributed by atoms with Crippen molar-refractivity contribution in [1.82, 2.24) is 0 Å². The van der Waals surface area contributed by atoms with Crippen molar-refractivity contribution >= 4 is 0 Å². The van der Waals surface area contributed by atoms with E-state index in [0.29, 0.717) is 6.61 Å². The summed E-state index contributed by atoms with van der Waals surface area (Å²) in [5.74, 6) is 0. The maximum Gasteiger partial charge on any atom is 0.139 e. The maximum atomic E-state index is 9.25. The predicted molar refractivity (Wildman–Crippen MR) is 69.0 cm³/mol. The van der Waals surface area contributed by atoms with E-state index in [-0.39, 0.29) is 12.2 Å². The molecular weight excluding hydrogens is 212 g/mol. The van der Waals surface area contributed by atoms with Gasteiger partial charge in [0.05, 0.1) is 13.2 Å². The molecule has 1 aromatic carbocycles. The van der Waals surface area contributed by atoms with Crippen molar-refractivity contribution in [3.05, 3.63) is 35.4 Å². The summed E-state index contributed by atoms with van der Waals surface area (Å²) in [5.41, 5.74) is 2.12. The van der Waals surface area contributed by atoms with Gasteiger partial charge in [-0.2, -0.15) is 0 Å². The molecule has 0 aliphatic carbocycles. The average molecular weight is 234 g/mol. The molecule has 1 aliphatic heterocycles. The van der Waals surface area contributed by atoms with Crippen molar-refractivity contribution in [2.75, 3.05) is 13.2 Å². The van der Waals surface area contributed by atoms with Gasteiger partial charge < -0.3 is 9.84 Å². The monoisotopic (exact) mass is 234 g/mol. The van der Waals surface area contributed by atoms with Gasteiger partial charge in [0.2, 0.25) is 0 Å². The minimum absolute atomic E-state index is 0.0862. The molecule has 1 fully saturated rings. The number of hydrogen-bond acceptors (Lipinski definition) is 2. The zero-order chi connectivity index (χ0) is 12.1. The van der Waals surface area contributed by atoms with E-state index in [1.54, 1.807) is 0 Å². The van der Waals surface area contributed by atoms with Crippen LogP contribution in [-0.2, 0) is 16.8 Å². The first kappa shape index (κ1) is 12.6. The first-order valence-corrected chi connectivity index (χ1v) is 6.65. The molecule has 0 bridgehead atoms. The van der Waals surface area contributed by atoms with E-state index in [2.05, 4.69) is 31.2 Å². The van der Waals surface area contributed by atoms with Crippen LogP contribution in [0.25, 0.3) is 0 Å². The second-order valence-corrected chi connectivity index (χ2v) is 4.95. The third-order valence-electron chi connectivity index (χ3n) is 3.55. The lowest BCUT2D eigenvalue weighted by molar-refractivity contribution is 0.172. The molecule has 94 valence electrons. The van der Waals surface area contributed by atoms with E-state index in [1.165, 1.54) is 31.2 Å². The van der Waals surface area contributed by atoms with E-state index in [0.717, 1.165) is 12.0 Å². The molecule has 1 aromatic rings. The van der Waals surface area contributed by atoms with E-state index in [1.807, 2.05) is 0 Å². The second kappa shape index (κ2) is 5.65. The van der Waals surface area contributed by atoms with E-state index in [4.69, 9.17) is 4.74 Å². The molecule has 17 heavy (non-hydrogen) atoms. The summed E-state index contributed by atoms with van der Waals surface area (Å²) in [5, 5.41) is 9.25. The zero-order valence-electron chi connectivity index (χ0n) is 10.6. The normalized spacial score (nSPS) is 22.7. The van der Waals surface area contributed by atoms with Crippen LogP contribution in [0.3, 0.4) is 0 Å². The number of aliphatic hydroxyl groups is 1. The number of epoxide rings is 1. The van der Waals surface area contributed by atoms with Crippen molar-refractivity contribution in [3.63, 3.8) is 0 Å². The van der Waals surface area contributed by atoms with Gasteiger partial charge in [0, 0.05) is 0 Å². The molecule has 2 heteroatoms. The highest BCUT2D eigenvalue weighted by molar-refractivity contribution is 5.30. The fourth-order valence-electron chi connectivity index (χ4n) is 2.17. The topological polar surface area (TPSA) is 32.8 Å². The summed E-state index contributed by atoms with van der Waals surface area (Å²) < 4.78 is 5.33. The molecule has 0 unspecified atom stereocenters. The van der Waals surface area contributed by atoms with Crippen LogP contribution in [0, 0.1) is 0 Å². The van der Waals surface area contributed by atoms with Crippen LogP contribution in [0.15, 0.2) is 24.3 Å². The second-order valence-electron chi connectivity index (χ2n) is 4.95. The summed E-state index contributed by atoms with van der Waals surface area (Å²) in [6.07, 6.45) is 6.37. The predicted octanol–water partition coefficient (Wildman–Crippen LogP) is 3.03. The molecule has 2 rings (SSSR count). The van der Waals surface area contributed by atoms with Crippen molar-refractivity contribution in [1.29, 1.82) is 0 Å². The quantitative estimate of drug-likeness (QED) is 0.581. The van der Waals surface area contributed by atoms with E-state index in [9.17, 15) is 5.11 Å². The van der Waals surface area contributed by atoms with Gasteiger partial charge in [0.25, 0.3) is 0 Å². The lowest BCUT2D eigenvalue weighted by Crippen LogP contribution is -2.13. The summed E-state index contributed by atoms with van der Waals surface area (Å²) in [6, 6.07) is 8.53. The zero-order valence-corrected chi connectivity index (χ0v) is 10.6. The highest BCUT2D eigenvalue weighted by Gasteiger charge is 2.45. The SMILES string of the molecule is CCCCCCc1ccc([C@@]2(CO)CO2)cc1. The molecule has 0 aromatic heterocycles. The Kier molecular flexibility index (Phi) is 4.19. The van der Waals surface area contributed by atoms with Gasteiger partial charge in [-0.15, -0.1) is 0 Å². The number of ether oxygens (including phenoxy) is 1. The van der Waals surface area contributed by atoms with Gasteiger partial charge in [-0.3, -0.25) is 0 Å². The Morgan fingerprint density at radius 2 is 1.88 bits per heavy atom. The first-order chi connectivity index (χ1) is 8.30. The smallest absolute Gasteiger partial charge is 0.139 e. The highest BCUT2D eigenvalue weighted by atomic mass is 16.6. The fourth-order valence-corrected chi connectivity index (χ4v) is 2.17. The summed E-state index contributed by atoms with van der Waals surface area (Å²) >= 11 is 0. The molecule has 1 heterocycles. The molecule has 0 amide bonds. The van der Waals surface area contributed by atoms with Crippen LogP contribution < -0.4 is 0 Å². The van der Waals surface area contributed by atoms with Gasteiger partial charge in [0.1, 0.15) is 5.60 Å². The van der Waals surface area contributed by atoms with Crippen molar-refractivity contribution in [2.24, 2.45) is 0 Å². The number of hydrogen-bond donors (Lipinski definition) is 1. The molecule has 1 aliphatic rings. The average Bonchev–Trinajstić information content (AvgIpc) is 3.16. The molecule has 1 atom stereocenters. The summed E-state index contributed by atoms with van der Waals surface area (Å²) in [6.45, 7) is 2.97.